The Morgan fingerprint density at radius 3 is 2.60 bits per heavy atom. The molecule has 0 aromatic heterocycles. The minimum atomic E-state index is -0.816. The number of benzene rings is 1. The van der Waals surface area contributed by atoms with Crippen LogP contribution in [0.2, 0.25) is 0 Å². The summed E-state index contributed by atoms with van der Waals surface area (Å²) in [5.74, 6) is -2.24. The van der Waals surface area contributed by atoms with Crippen molar-refractivity contribution in [3.8, 4) is 5.75 Å². The van der Waals surface area contributed by atoms with Crippen molar-refractivity contribution in [3.63, 3.8) is 0 Å². The summed E-state index contributed by atoms with van der Waals surface area (Å²) in [7, 11) is 0. The van der Waals surface area contributed by atoms with Gasteiger partial charge in [0.2, 0.25) is 5.91 Å². The summed E-state index contributed by atoms with van der Waals surface area (Å²) in [6.07, 6.45) is 1.92. The molecule has 2 N–H and O–H groups in total. The molecule has 1 unspecified atom stereocenters. The second-order valence-corrected chi connectivity index (χ2v) is 4.86. The number of amides is 2. The van der Waals surface area contributed by atoms with E-state index < -0.39 is 29.1 Å². The predicted octanol–water partition coefficient (Wildman–Crippen LogP) is 1.27. The number of phenols is 1. The molecule has 0 aliphatic carbocycles. The second-order valence-electron chi connectivity index (χ2n) is 4.86. The van der Waals surface area contributed by atoms with Crippen molar-refractivity contribution in [1.29, 1.82) is 0 Å². The lowest BCUT2D eigenvalue weighted by Gasteiger charge is -2.21. The first-order chi connectivity index (χ1) is 9.50. The van der Waals surface area contributed by atoms with Gasteiger partial charge in [0, 0.05) is 13.1 Å². The van der Waals surface area contributed by atoms with Crippen molar-refractivity contribution in [1.82, 2.24) is 10.2 Å². The van der Waals surface area contributed by atoms with Crippen molar-refractivity contribution in [2.75, 3.05) is 13.1 Å². The molecule has 0 bridgehead atoms. The first-order valence-electron chi connectivity index (χ1n) is 6.58. The fourth-order valence-corrected chi connectivity index (χ4v) is 2.28. The van der Waals surface area contributed by atoms with Crippen LogP contribution in [0.5, 0.6) is 5.75 Å². The van der Waals surface area contributed by atoms with Gasteiger partial charge in [-0.05, 0) is 31.9 Å². The number of halogens is 1. The summed E-state index contributed by atoms with van der Waals surface area (Å²) in [6.45, 7) is 2.92. The Labute approximate surface area is 116 Å². The number of nitrogens with one attached hydrogen (secondary N) is 1. The molecule has 0 saturated carbocycles. The number of carbonyl (C=O) groups is 2. The minimum absolute atomic E-state index is 0.188. The number of likely N-dealkylation sites (tertiary alicyclic amines) is 1. The Bertz CT molecular complexity index is 507. The van der Waals surface area contributed by atoms with Gasteiger partial charge in [-0.25, -0.2) is 4.39 Å². The molecular weight excluding hydrogens is 263 g/mol. The molecule has 1 atom stereocenters. The maximum Gasteiger partial charge on any atom is 0.258 e. The molecule has 1 aliphatic heterocycles. The lowest BCUT2D eigenvalue weighted by atomic mass is 10.1. The first-order valence-corrected chi connectivity index (χ1v) is 6.58. The van der Waals surface area contributed by atoms with E-state index >= 15 is 0 Å². The van der Waals surface area contributed by atoms with Crippen LogP contribution < -0.4 is 5.32 Å². The smallest absolute Gasteiger partial charge is 0.258 e. The van der Waals surface area contributed by atoms with Crippen molar-refractivity contribution >= 4 is 11.8 Å². The summed E-state index contributed by atoms with van der Waals surface area (Å²) in [4.78, 5) is 25.6. The molecular formula is C14H17FN2O3. The summed E-state index contributed by atoms with van der Waals surface area (Å²) < 4.78 is 13.5. The molecule has 1 aromatic carbocycles. The Morgan fingerprint density at radius 1 is 1.35 bits per heavy atom. The molecule has 108 valence electrons. The Hall–Kier alpha value is -2.11. The van der Waals surface area contributed by atoms with Crippen LogP contribution in [-0.2, 0) is 4.79 Å². The Balaban J connectivity index is 2.05. The van der Waals surface area contributed by atoms with E-state index in [1.807, 2.05) is 0 Å². The van der Waals surface area contributed by atoms with Gasteiger partial charge in [0.05, 0.1) is 0 Å². The summed E-state index contributed by atoms with van der Waals surface area (Å²) >= 11 is 0. The van der Waals surface area contributed by atoms with Crippen LogP contribution >= 0.6 is 0 Å². The number of rotatable bonds is 3. The maximum absolute atomic E-state index is 13.5. The van der Waals surface area contributed by atoms with E-state index in [1.165, 1.54) is 12.1 Å². The highest BCUT2D eigenvalue weighted by Gasteiger charge is 2.26. The van der Waals surface area contributed by atoms with Gasteiger partial charge < -0.3 is 15.3 Å². The van der Waals surface area contributed by atoms with E-state index in [0.717, 1.165) is 18.9 Å². The third-order valence-electron chi connectivity index (χ3n) is 3.35. The van der Waals surface area contributed by atoms with Crippen LogP contribution in [0, 0.1) is 5.82 Å². The van der Waals surface area contributed by atoms with Crippen LogP contribution in [0.1, 0.15) is 30.1 Å². The fraction of sp³-hybridized carbons (Fsp3) is 0.429. The Kier molecular flexibility index (Phi) is 4.22. The van der Waals surface area contributed by atoms with Crippen molar-refractivity contribution in [2.24, 2.45) is 0 Å². The standard InChI is InChI=1S/C14H17FN2O3/c1-9(14(20)17-7-2-3-8-17)16-13(19)12-10(15)5-4-6-11(12)18/h4-6,9,18H,2-3,7-8H2,1H3,(H,16,19). The van der Waals surface area contributed by atoms with Gasteiger partial charge in [-0.1, -0.05) is 6.07 Å². The summed E-state index contributed by atoms with van der Waals surface area (Å²) in [5, 5.41) is 12.0. The van der Waals surface area contributed by atoms with E-state index in [0.29, 0.717) is 13.1 Å². The van der Waals surface area contributed by atoms with Crippen LogP contribution in [-0.4, -0.2) is 41.0 Å². The highest BCUT2D eigenvalue weighted by atomic mass is 19.1. The zero-order chi connectivity index (χ0) is 14.7. The minimum Gasteiger partial charge on any atom is -0.507 e. The molecule has 0 radical (unpaired) electrons. The molecule has 1 aliphatic rings. The number of aromatic hydroxyl groups is 1. The Morgan fingerprint density at radius 2 is 2.00 bits per heavy atom. The zero-order valence-electron chi connectivity index (χ0n) is 11.2. The van der Waals surface area contributed by atoms with Crippen LogP contribution in [0.3, 0.4) is 0 Å². The van der Waals surface area contributed by atoms with Gasteiger partial charge in [-0.15, -0.1) is 0 Å². The number of nitrogens with zero attached hydrogens (tertiary/aromatic N) is 1. The van der Waals surface area contributed by atoms with E-state index in [1.54, 1.807) is 11.8 Å². The normalized spacial score (nSPS) is 16.0. The van der Waals surface area contributed by atoms with Gasteiger partial charge in [-0.3, -0.25) is 9.59 Å². The van der Waals surface area contributed by atoms with Gasteiger partial charge >= 0.3 is 0 Å². The highest BCUT2D eigenvalue weighted by Crippen LogP contribution is 2.19. The number of hydrogen-bond acceptors (Lipinski definition) is 3. The second kappa shape index (κ2) is 5.90. The number of hydrogen-bond donors (Lipinski definition) is 2. The zero-order valence-corrected chi connectivity index (χ0v) is 11.2. The van der Waals surface area contributed by atoms with E-state index in [2.05, 4.69) is 5.32 Å². The van der Waals surface area contributed by atoms with Crippen molar-refractivity contribution in [3.05, 3.63) is 29.6 Å². The largest absolute Gasteiger partial charge is 0.507 e. The molecule has 6 heteroatoms. The first kappa shape index (κ1) is 14.3. The quantitative estimate of drug-likeness (QED) is 0.876. The van der Waals surface area contributed by atoms with Crippen molar-refractivity contribution < 1.29 is 19.1 Å². The lowest BCUT2D eigenvalue weighted by Crippen LogP contribution is -2.46. The molecule has 1 saturated heterocycles. The van der Waals surface area contributed by atoms with Crippen LogP contribution in [0.4, 0.5) is 4.39 Å². The van der Waals surface area contributed by atoms with Gasteiger partial charge in [0.25, 0.3) is 5.91 Å². The third-order valence-corrected chi connectivity index (χ3v) is 3.35. The number of carbonyl (C=O) groups excluding carboxylic acids is 2. The average molecular weight is 280 g/mol. The van der Waals surface area contributed by atoms with Gasteiger partial charge in [-0.2, -0.15) is 0 Å². The maximum atomic E-state index is 13.5. The van der Waals surface area contributed by atoms with E-state index in [9.17, 15) is 19.1 Å². The van der Waals surface area contributed by atoms with E-state index in [4.69, 9.17) is 0 Å². The molecule has 2 rings (SSSR count). The summed E-state index contributed by atoms with van der Waals surface area (Å²) in [6, 6.07) is 2.87. The topological polar surface area (TPSA) is 69.6 Å². The predicted molar refractivity (Wildman–Crippen MR) is 70.8 cm³/mol. The van der Waals surface area contributed by atoms with Gasteiger partial charge in [0.15, 0.2) is 0 Å². The fourth-order valence-electron chi connectivity index (χ4n) is 2.28. The molecule has 1 fully saturated rings. The summed E-state index contributed by atoms with van der Waals surface area (Å²) in [5.41, 5.74) is -0.437. The average Bonchev–Trinajstić information content (AvgIpc) is 2.91. The molecule has 1 aromatic rings. The van der Waals surface area contributed by atoms with Gasteiger partial charge in [0.1, 0.15) is 23.2 Å². The molecule has 1 heterocycles. The SMILES string of the molecule is CC(NC(=O)c1c(O)cccc1F)C(=O)N1CCCC1. The molecule has 0 spiro atoms. The lowest BCUT2D eigenvalue weighted by molar-refractivity contribution is -0.131. The highest BCUT2D eigenvalue weighted by molar-refractivity contribution is 5.99. The molecule has 2 amide bonds. The third kappa shape index (κ3) is 2.89. The molecule has 20 heavy (non-hydrogen) atoms. The van der Waals surface area contributed by atoms with Crippen LogP contribution in [0.25, 0.3) is 0 Å². The monoisotopic (exact) mass is 280 g/mol. The van der Waals surface area contributed by atoms with E-state index in [-0.39, 0.29) is 5.91 Å². The number of phenolic OH excluding ortho intramolecular Hbond substituents is 1. The van der Waals surface area contributed by atoms with Crippen LogP contribution in [0.15, 0.2) is 18.2 Å². The molecule has 5 nitrogen and oxygen atoms in total. The van der Waals surface area contributed by atoms with Crippen molar-refractivity contribution in [2.45, 2.75) is 25.8 Å².